The van der Waals surface area contributed by atoms with Crippen LogP contribution >= 0.6 is 11.6 Å². The maximum Gasteiger partial charge on any atom is 0.127 e. The molecule has 1 aliphatic carbocycles. The van der Waals surface area contributed by atoms with Gasteiger partial charge < -0.3 is 9.67 Å². The fraction of sp³-hybridized carbons (Fsp3) is 0.353. The zero-order valence-electron chi connectivity index (χ0n) is 11.7. The van der Waals surface area contributed by atoms with E-state index in [-0.39, 0.29) is 6.04 Å². The van der Waals surface area contributed by atoms with Crippen molar-refractivity contribution in [2.45, 2.75) is 37.3 Å². The SMILES string of the molecule is O[C@@]1(C#Cc2cccc(Cl)c2)CCC[C@H](n2ccnc2)C1. The highest BCUT2D eigenvalue weighted by atomic mass is 35.5. The van der Waals surface area contributed by atoms with Crippen molar-refractivity contribution in [3.63, 3.8) is 0 Å². The molecule has 108 valence electrons. The van der Waals surface area contributed by atoms with Crippen LogP contribution in [-0.4, -0.2) is 20.3 Å². The maximum atomic E-state index is 10.7. The van der Waals surface area contributed by atoms with E-state index in [0.717, 1.165) is 18.4 Å². The fourth-order valence-corrected chi connectivity index (χ4v) is 3.02. The summed E-state index contributed by atoms with van der Waals surface area (Å²) in [5.74, 6) is 6.10. The van der Waals surface area contributed by atoms with E-state index in [9.17, 15) is 5.11 Å². The lowest BCUT2D eigenvalue weighted by Crippen LogP contribution is -2.34. The van der Waals surface area contributed by atoms with Crippen molar-refractivity contribution in [2.24, 2.45) is 0 Å². The van der Waals surface area contributed by atoms with E-state index in [1.807, 2.05) is 30.5 Å². The first-order valence-electron chi connectivity index (χ1n) is 7.13. The summed E-state index contributed by atoms with van der Waals surface area (Å²) < 4.78 is 2.06. The molecule has 0 unspecified atom stereocenters. The Labute approximate surface area is 129 Å². The third-order valence-corrected chi connectivity index (χ3v) is 4.15. The van der Waals surface area contributed by atoms with Crippen molar-refractivity contribution in [1.82, 2.24) is 9.55 Å². The van der Waals surface area contributed by atoms with Gasteiger partial charge in [-0.25, -0.2) is 4.98 Å². The highest BCUT2D eigenvalue weighted by molar-refractivity contribution is 6.30. The van der Waals surface area contributed by atoms with Crippen molar-refractivity contribution < 1.29 is 5.11 Å². The van der Waals surface area contributed by atoms with Crippen molar-refractivity contribution in [2.75, 3.05) is 0 Å². The smallest absolute Gasteiger partial charge is 0.127 e. The van der Waals surface area contributed by atoms with E-state index in [1.165, 1.54) is 0 Å². The van der Waals surface area contributed by atoms with E-state index in [4.69, 9.17) is 11.6 Å². The lowest BCUT2D eigenvalue weighted by molar-refractivity contribution is 0.0398. The van der Waals surface area contributed by atoms with Crippen LogP contribution < -0.4 is 0 Å². The number of hydrogen-bond acceptors (Lipinski definition) is 2. The summed E-state index contributed by atoms with van der Waals surface area (Å²) >= 11 is 5.95. The normalized spacial score (nSPS) is 25.1. The molecule has 1 aromatic heterocycles. The van der Waals surface area contributed by atoms with E-state index in [1.54, 1.807) is 12.5 Å². The topological polar surface area (TPSA) is 38.0 Å². The number of benzene rings is 1. The molecule has 0 aliphatic heterocycles. The van der Waals surface area contributed by atoms with E-state index in [2.05, 4.69) is 21.4 Å². The average molecular weight is 301 g/mol. The Morgan fingerprint density at radius 1 is 1.43 bits per heavy atom. The van der Waals surface area contributed by atoms with Crippen molar-refractivity contribution in [1.29, 1.82) is 0 Å². The van der Waals surface area contributed by atoms with Crippen LogP contribution in [0.5, 0.6) is 0 Å². The van der Waals surface area contributed by atoms with Gasteiger partial charge in [0.05, 0.1) is 6.33 Å². The van der Waals surface area contributed by atoms with Gasteiger partial charge in [-0.3, -0.25) is 0 Å². The van der Waals surface area contributed by atoms with Crippen LogP contribution in [0.15, 0.2) is 43.0 Å². The second-order valence-electron chi connectivity index (χ2n) is 5.55. The molecule has 1 saturated carbocycles. The molecule has 21 heavy (non-hydrogen) atoms. The molecule has 2 aromatic rings. The predicted octanol–water partition coefficient (Wildman–Crippen LogP) is 3.43. The standard InChI is InChI=1S/C17H17ClN2O/c18-15-4-1-3-14(11-15)6-8-17(21)7-2-5-16(12-17)20-10-9-19-13-20/h1,3-4,9-11,13,16,21H,2,5,7,12H2/t16-,17+/m0/s1. The van der Waals surface area contributed by atoms with Crippen LogP contribution in [0.3, 0.4) is 0 Å². The zero-order valence-corrected chi connectivity index (χ0v) is 12.4. The molecule has 0 bridgehead atoms. The summed E-state index contributed by atoms with van der Waals surface area (Å²) in [5.41, 5.74) is -0.101. The number of nitrogens with zero attached hydrogens (tertiary/aromatic N) is 2. The van der Waals surface area contributed by atoms with Gasteiger partial charge in [0.1, 0.15) is 5.60 Å². The Morgan fingerprint density at radius 2 is 2.33 bits per heavy atom. The zero-order chi connectivity index (χ0) is 14.7. The molecule has 1 aromatic carbocycles. The molecule has 2 atom stereocenters. The number of aliphatic hydroxyl groups is 1. The monoisotopic (exact) mass is 300 g/mol. The number of halogens is 1. The van der Waals surface area contributed by atoms with Gasteiger partial charge in [-0.05, 0) is 37.5 Å². The molecular weight excluding hydrogens is 284 g/mol. The Bertz CT molecular complexity index is 672. The average Bonchev–Trinajstić information content (AvgIpc) is 3.00. The molecule has 1 aliphatic rings. The van der Waals surface area contributed by atoms with Crippen molar-refractivity contribution in [3.05, 3.63) is 53.6 Å². The van der Waals surface area contributed by atoms with Crippen LogP contribution in [0.2, 0.25) is 5.02 Å². The van der Waals surface area contributed by atoms with Crippen molar-refractivity contribution in [3.8, 4) is 11.8 Å². The van der Waals surface area contributed by atoms with Gasteiger partial charge in [0.25, 0.3) is 0 Å². The number of aromatic nitrogens is 2. The van der Waals surface area contributed by atoms with Gasteiger partial charge >= 0.3 is 0 Å². The molecule has 0 amide bonds. The second kappa shape index (κ2) is 5.93. The first-order chi connectivity index (χ1) is 10.1. The summed E-state index contributed by atoms with van der Waals surface area (Å²) in [6, 6.07) is 7.66. The summed E-state index contributed by atoms with van der Waals surface area (Å²) in [6.07, 6.45) is 8.89. The minimum absolute atomic E-state index is 0.264. The quantitative estimate of drug-likeness (QED) is 0.819. The van der Waals surface area contributed by atoms with Crippen LogP contribution in [0, 0.1) is 11.8 Å². The van der Waals surface area contributed by atoms with Gasteiger partial charge in [0.2, 0.25) is 0 Å². The highest BCUT2D eigenvalue weighted by Gasteiger charge is 2.33. The van der Waals surface area contributed by atoms with Gasteiger partial charge in [-0.1, -0.05) is 29.5 Å². The van der Waals surface area contributed by atoms with E-state index < -0.39 is 5.60 Å². The molecule has 0 saturated heterocycles. The number of hydrogen-bond donors (Lipinski definition) is 1. The Balaban J connectivity index is 1.78. The molecule has 1 fully saturated rings. The summed E-state index contributed by atoms with van der Waals surface area (Å²) in [4.78, 5) is 4.08. The van der Waals surface area contributed by atoms with Crippen LogP contribution in [0.1, 0.15) is 37.3 Å². The van der Waals surface area contributed by atoms with Gasteiger partial charge in [0, 0.05) is 35.4 Å². The van der Waals surface area contributed by atoms with Crippen LogP contribution in [0.25, 0.3) is 0 Å². The Morgan fingerprint density at radius 3 is 3.10 bits per heavy atom. The minimum atomic E-state index is -0.935. The largest absolute Gasteiger partial charge is 0.378 e. The van der Waals surface area contributed by atoms with Crippen LogP contribution in [-0.2, 0) is 0 Å². The minimum Gasteiger partial charge on any atom is -0.378 e. The van der Waals surface area contributed by atoms with Crippen molar-refractivity contribution >= 4 is 11.6 Å². The number of rotatable bonds is 1. The summed E-state index contributed by atoms with van der Waals surface area (Å²) in [6.45, 7) is 0. The van der Waals surface area contributed by atoms with Gasteiger partial charge in [-0.2, -0.15) is 0 Å². The molecular formula is C17H17ClN2O. The fourth-order valence-electron chi connectivity index (χ4n) is 2.83. The highest BCUT2D eigenvalue weighted by Crippen LogP contribution is 2.35. The summed E-state index contributed by atoms with van der Waals surface area (Å²) in [7, 11) is 0. The molecule has 4 heteroatoms. The summed E-state index contributed by atoms with van der Waals surface area (Å²) in [5, 5.41) is 11.4. The molecule has 0 spiro atoms. The lowest BCUT2D eigenvalue weighted by atomic mass is 9.82. The maximum absolute atomic E-state index is 10.7. The molecule has 3 rings (SSSR count). The lowest BCUT2D eigenvalue weighted by Gasteiger charge is -2.33. The third kappa shape index (κ3) is 3.47. The van der Waals surface area contributed by atoms with Crippen LogP contribution in [0.4, 0.5) is 0 Å². The van der Waals surface area contributed by atoms with E-state index >= 15 is 0 Å². The van der Waals surface area contributed by atoms with Gasteiger partial charge in [0.15, 0.2) is 0 Å². The Hall–Kier alpha value is -1.76. The predicted molar refractivity (Wildman–Crippen MR) is 83.0 cm³/mol. The second-order valence-corrected chi connectivity index (χ2v) is 5.99. The number of imidazole rings is 1. The first kappa shape index (κ1) is 14.2. The first-order valence-corrected chi connectivity index (χ1v) is 7.51. The van der Waals surface area contributed by atoms with E-state index in [0.29, 0.717) is 17.9 Å². The Kier molecular flexibility index (Phi) is 4.01. The molecule has 1 N–H and O–H groups in total. The third-order valence-electron chi connectivity index (χ3n) is 3.91. The molecule has 3 nitrogen and oxygen atoms in total. The molecule has 1 heterocycles. The molecule has 0 radical (unpaired) electrons. The van der Waals surface area contributed by atoms with Gasteiger partial charge in [-0.15, -0.1) is 0 Å².